The fourth-order valence-corrected chi connectivity index (χ4v) is 4.87. The van der Waals surface area contributed by atoms with Crippen LogP contribution >= 0.6 is 0 Å². The summed E-state index contributed by atoms with van der Waals surface area (Å²) in [6.45, 7) is 7.90. The molecule has 136 valence electrons. The van der Waals surface area contributed by atoms with Crippen LogP contribution in [0.4, 0.5) is 0 Å². The van der Waals surface area contributed by atoms with Gasteiger partial charge in [-0.1, -0.05) is 26.7 Å². The van der Waals surface area contributed by atoms with Crippen LogP contribution in [0.2, 0.25) is 0 Å². The van der Waals surface area contributed by atoms with Crippen LogP contribution in [-0.4, -0.2) is 44.3 Å². The number of fused-ring (bicyclic) bond motifs is 1. The van der Waals surface area contributed by atoms with Crippen molar-refractivity contribution in [2.75, 3.05) is 13.1 Å². The van der Waals surface area contributed by atoms with Crippen molar-refractivity contribution < 1.29 is 4.79 Å². The molecule has 1 amide bonds. The molecule has 5 heteroatoms. The van der Waals surface area contributed by atoms with Crippen LogP contribution in [0.5, 0.6) is 0 Å². The van der Waals surface area contributed by atoms with E-state index in [0.717, 1.165) is 49.4 Å². The number of rotatable bonds is 4. The zero-order valence-electron chi connectivity index (χ0n) is 15.6. The number of hydrogen-bond acceptors (Lipinski definition) is 4. The third-order valence-electron chi connectivity index (χ3n) is 6.12. The lowest BCUT2D eigenvalue weighted by atomic mass is 9.93. The lowest BCUT2D eigenvalue weighted by Gasteiger charge is -2.39. The van der Waals surface area contributed by atoms with Gasteiger partial charge in [0.15, 0.2) is 0 Å². The van der Waals surface area contributed by atoms with Gasteiger partial charge in [0.1, 0.15) is 11.4 Å². The SMILES string of the molecule is CC(C)Cc1ncc2c(n1)CN(C(=O)C1(N3CCCC3)CCCC1)C2. The lowest BCUT2D eigenvalue weighted by molar-refractivity contribution is -0.144. The summed E-state index contributed by atoms with van der Waals surface area (Å²) >= 11 is 0. The van der Waals surface area contributed by atoms with Crippen LogP contribution in [-0.2, 0) is 24.3 Å². The first-order valence-corrected chi connectivity index (χ1v) is 9.96. The van der Waals surface area contributed by atoms with Gasteiger partial charge in [-0.3, -0.25) is 9.69 Å². The van der Waals surface area contributed by atoms with E-state index in [1.165, 1.54) is 25.7 Å². The summed E-state index contributed by atoms with van der Waals surface area (Å²) in [7, 11) is 0. The minimum absolute atomic E-state index is 0.229. The molecule has 1 aromatic heterocycles. The molecule has 0 atom stereocenters. The maximum absolute atomic E-state index is 13.5. The van der Waals surface area contributed by atoms with E-state index in [2.05, 4.69) is 23.7 Å². The van der Waals surface area contributed by atoms with Crippen molar-refractivity contribution in [2.45, 2.75) is 77.4 Å². The van der Waals surface area contributed by atoms with Crippen molar-refractivity contribution in [3.8, 4) is 0 Å². The summed E-state index contributed by atoms with van der Waals surface area (Å²) < 4.78 is 0. The Kier molecular flexibility index (Phi) is 4.52. The molecule has 2 fully saturated rings. The molecule has 25 heavy (non-hydrogen) atoms. The molecule has 3 heterocycles. The number of carbonyl (C=O) groups is 1. The molecule has 1 saturated heterocycles. The van der Waals surface area contributed by atoms with Gasteiger partial charge in [0.25, 0.3) is 0 Å². The largest absolute Gasteiger partial charge is 0.331 e. The molecule has 3 aliphatic rings. The molecule has 0 aromatic carbocycles. The van der Waals surface area contributed by atoms with Gasteiger partial charge in [0.05, 0.1) is 12.2 Å². The van der Waals surface area contributed by atoms with Gasteiger partial charge in [-0.05, 0) is 44.7 Å². The molecule has 5 nitrogen and oxygen atoms in total. The maximum Gasteiger partial charge on any atom is 0.243 e. The normalized spacial score (nSPS) is 22.8. The topological polar surface area (TPSA) is 49.3 Å². The Morgan fingerprint density at radius 3 is 2.56 bits per heavy atom. The van der Waals surface area contributed by atoms with Gasteiger partial charge >= 0.3 is 0 Å². The fourth-order valence-electron chi connectivity index (χ4n) is 4.87. The summed E-state index contributed by atoms with van der Waals surface area (Å²) in [5.41, 5.74) is 1.97. The summed E-state index contributed by atoms with van der Waals surface area (Å²) in [6, 6.07) is 0. The van der Waals surface area contributed by atoms with Gasteiger partial charge in [0.2, 0.25) is 5.91 Å². The van der Waals surface area contributed by atoms with Crippen molar-refractivity contribution >= 4 is 5.91 Å². The zero-order valence-corrected chi connectivity index (χ0v) is 15.6. The van der Waals surface area contributed by atoms with Crippen LogP contribution in [0.3, 0.4) is 0 Å². The number of likely N-dealkylation sites (tertiary alicyclic amines) is 1. The van der Waals surface area contributed by atoms with Crippen LogP contribution < -0.4 is 0 Å². The van der Waals surface area contributed by atoms with Crippen molar-refractivity contribution in [3.05, 3.63) is 23.3 Å². The van der Waals surface area contributed by atoms with E-state index < -0.39 is 0 Å². The van der Waals surface area contributed by atoms with Crippen LogP contribution in [0.25, 0.3) is 0 Å². The van der Waals surface area contributed by atoms with Gasteiger partial charge in [-0.15, -0.1) is 0 Å². The predicted octanol–water partition coefficient (Wildman–Crippen LogP) is 2.93. The zero-order chi connectivity index (χ0) is 17.4. The van der Waals surface area contributed by atoms with Crippen LogP contribution in [0.15, 0.2) is 6.20 Å². The molecule has 1 aliphatic carbocycles. The lowest BCUT2D eigenvalue weighted by Crippen LogP contribution is -2.56. The highest BCUT2D eigenvalue weighted by Crippen LogP contribution is 2.40. The molecule has 0 unspecified atom stereocenters. The van der Waals surface area contributed by atoms with E-state index in [0.29, 0.717) is 24.9 Å². The van der Waals surface area contributed by atoms with Crippen molar-refractivity contribution in [2.24, 2.45) is 5.92 Å². The van der Waals surface area contributed by atoms with Crippen molar-refractivity contribution in [3.63, 3.8) is 0 Å². The highest BCUT2D eigenvalue weighted by Gasteiger charge is 2.49. The summed E-state index contributed by atoms with van der Waals surface area (Å²) in [4.78, 5) is 27.3. The quantitative estimate of drug-likeness (QED) is 0.844. The minimum atomic E-state index is -0.229. The highest BCUT2D eigenvalue weighted by atomic mass is 16.2. The molecule has 0 N–H and O–H groups in total. The molecular formula is C20H30N4O. The third kappa shape index (κ3) is 3.07. The number of nitrogens with zero attached hydrogens (tertiary/aromatic N) is 4. The van der Waals surface area contributed by atoms with Crippen LogP contribution in [0.1, 0.15) is 69.5 Å². The Bertz CT molecular complexity index is 645. The molecule has 1 aromatic rings. The van der Waals surface area contributed by atoms with E-state index >= 15 is 0 Å². The first-order chi connectivity index (χ1) is 12.1. The number of amides is 1. The second-order valence-electron chi connectivity index (χ2n) is 8.45. The summed E-state index contributed by atoms with van der Waals surface area (Å²) in [6.07, 6.45) is 9.75. The predicted molar refractivity (Wildman–Crippen MR) is 96.8 cm³/mol. The molecule has 0 bridgehead atoms. The van der Waals surface area contributed by atoms with Crippen molar-refractivity contribution in [1.82, 2.24) is 19.8 Å². The van der Waals surface area contributed by atoms with E-state index in [-0.39, 0.29) is 5.54 Å². The molecule has 2 aliphatic heterocycles. The molecule has 0 radical (unpaired) electrons. The molecular weight excluding hydrogens is 312 g/mol. The van der Waals surface area contributed by atoms with Gasteiger partial charge < -0.3 is 4.90 Å². The Hall–Kier alpha value is -1.49. The summed E-state index contributed by atoms with van der Waals surface area (Å²) in [5, 5.41) is 0. The average molecular weight is 342 g/mol. The second kappa shape index (κ2) is 6.67. The van der Waals surface area contributed by atoms with Gasteiger partial charge in [0, 0.05) is 24.7 Å². The average Bonchev–Trinajstić information content (AvgIpc) is 3.32. The second-order valence-corrected chi connectivity index (χ2v) is 8.45. The molecule has 1 saturated carbocycles. The smallest absolute Gasteiger partial charge is 0.243 e. The number of aromatic nitrogens is 2. The first-order valence-electron chi connectivity index (χ1n) is 9.96. The molecule has 0 spiro atoms. The van der Waals surface area contributed by atoms with Gasteiger partial charge in [-0.2, -0.15) is 0 Å². The Morgan fingerprint density at radius 1 is 1.16 bits per heavy atom. The first kappa shape index (κ1) is 17.0. The summed E-state index contributed by atoms with van der Waals surface area (Å²) in [5.74, 6) is 1.81. The van der Waals surface area contributed by atoms with Crippen molar-refractivity contribution in [1.29, 1.82) is 0 Å². The molecule has 4 rings (SSSR count). The van der Waals surface area contributed by atoms with E-state index in [1.807, 2.05) is 11.1 Å². The number of hydrogen-bond donors (Lipinski definition) is 0. The van der Waals surface area contributed by atoms with E-state index in [9.17, 15) is 4.79 Å². The fraction of sp³-hybridized carbons (Fsp3) is 0.750. The van der Waals surface area contributed by atoms with Gasteiger partial charge in [-0.25, -0.2) is 9.97 Å². The Balaban J connectivity index is 1.53. The van der Waals surface area contributed by atoms with Crippen LogP contribution in [0, 0.1) is 5.92 Å². The Morgan fingerprint density at radius 2 is 1.88 bits per heavy atom. The maximum atomic E-state index is 13.5. The monoisotopic (exact) mass is 342 g/mol. The highest BCUT2D eigenvalue weighted by molar-refractivity contribution is 5.87. The number of carbonyl (C=O) groups excluding carboxylic acids is 1. The Labute approximate surface area is 150 Å². The van der Waals surface area contributed by atoms with E-state index in [1.54, 1.807) is 0 Å². The minimum Gasteiger partial charge on any atom is -0.331 e. The standard InChI is InChI=1S/C20H30N4O/c1-15(2)11-18-21-12-16-13-23(14-17(16)22-18)19(25)20(7-3-4-8-20)24-9-5-6-10-24/h12,15H,3-11,13-14H2,1-2H3. The van der Waals surface area contributed by atoms with E-state index in [4.69, 9.17) is 4.98 Å². The third-order valence-corrected chi connectivity index (χ3v) is 6.12.